The average Bonchev–Trinajstić information content (AvgIpc) is 2.37. The van der Waals surface area contributed by atoms with Crippen molar-refractivity contribution in [3.63, 3.8) is 0 Å². The third-order valence-electron chi connectivity index (χ3n) is 1.80. The summed E-state index contributed by atoms with van der Waals surface area (Å²) in [6.07, 6.45) is -1.66. The minimum absolute atomic E-state index is 0.0607. The zero-order valence-corrected chi connectivity index (χ0v) is 6.57. The zero-order valence-electron chi connectivity index (χ0n) is 6.57. The van der Waals surface area contributed by atoms with Crippen molar-refractivity contribution in [2.45, 2.75) is 31.9 Å². The molecule has 4 heteroatoms. The van der Waals surface area contributed by atoms with Gasteiger partial charge < -0.3 is 10.1 Å². The Labute approximate surface area is 64.9 Å². The van der Waals surface area contributed by atoms with E-state index in [0.717, 1.165) is 6.42 Å². The lowest BCUT2D eigenvalue weighted by Crippen LogP contribution is -2.42. The van der Waals surface area contributed by atoms with Crippen molar-refractivity contribution in [2.75, 3.05) is 13.2 Å². The molecule has 1 aliphatic rings. The first-order valence-corrected chi connectivity index (χ1v) is 3.92. The van der Waals surface area contributed by atoms with Crippen molar-refractivity contribution >= 4 is 0 Å². The lowest BCUT2D eigenvalue weighted by Gasteiger charge is -2.22. The van der Waals surface area contributed by atoms with Crippen LogP contribution in [0.1, 0.15) is 19.8 Å². The Hall–Kier alpha value is -0.220. The molecular formula is C7H13F2NO. The average molecular weight is 165 g/mol. The molecule has 0 aliphatic carbocycles. The van der Waals surface area contributed by atoms with Gasteiger partial charge in [-0.05, 0) is 26.3 Å². The molecule has 1 rings (SSSR count). The fourth-order valence-electron chi connectivity index (χ4n) is 1.26. The van der Waals surface area contributed by atoms with E-state index >= 15 is 0 Å². The first-order chi connectivity index (χ1) is 5.17. The molecule has 0 bridgehead atoms. The molecule has 1 heterocycles. The molecule has 1 aliphatic heterocycles. The van der Waals surface area contributed by atoms with Gasteiger partial charge in [0.2, 0.25) is 0 Å². The Bertz CT molecular complexity index is 124. The maximum absolute atomic E-state index is 12.8. The van der Waals surface area contributed by atoms with Crippen LogP contribution in [0, 0.1) is 0 Å². The Kier molecular flexibility index (Phi) is 2.78. The summed E-state index contributed by atoms with van der Waals surface area (Å²) < 4.78 is 30.0. The molecule has 0 spiro atoms. The van der Waals surface area contributed by atoms with Crippen LogP contribution in [0.25, 0.3) is 0 Å². The molecule has 0 unspecified atom stereocenters. The Morgan fingerprint density at radius 3 is 2.82 bits per heavy atom. The van der Waals surface area contributed by atoms with Gasteiger partial charge in [-0.1, -0.05) is 0 Å². The summed E-state index contributed by atoms with van der Waals surface area (Å²) in [6.45, 7) is 2.31. The zero-order chi connectivity index (χ0) is 8.32. The molecule has 0 radical (unpaired) electrons. The molecule has 11 heavy (non-hydrogen) atoms. The van der Waals surface area contributed by atoms with Crippen LogP contribution < -0.4 is 5.32 Å². The normalized spacial score (nSPS) is 25.9. The van der Waals surface area contributed by atoms with Crippen LogP contribution in [0.4, 0.5) is 8.78 Å². The van der Waals surface area contributed by atoms with E-state index in [2.05, 4.69) is 10.1 Å². The summed E-state index contributed by atoms with van der Waals surface area (Å²) >= 11 is 0. The van der Waals surface area contributed by atoms with Crippen molar-refractivity contribution in [3.05, 3.63) is 0 Å². The maximum atomic E-state index is 12.8. The van der Waals surface area contributed by atoms with Gasteiger partial charge in [0.05, 0.1) is 12.6 Å². The fraction of sp³-hybridized carbons (Fsp3) is 1.00. The monoisotopic (exact) mass is 165 g/mol. The van der Waals surface area contributed by atoms with Crippen molar-refractivity contribution in [2.24, 2.45) is 0 Å². The molecule has 66 valence electrons. The predicted molar refractivity (Wildman–Crippen MR) is 37.6 cm³/mol. The quantitative estimate of drug-likeness (QED) is 0.682. The Morgan fingerprint density at radius 1 is 1.64 bits per heavy atom. The number of halogens is 2. The molecule has 0 aromatic rings. The topological polar surface area (TPSA) is 21.3 Å². The number of alkyl halides is 2. The van der Waals surface area contributed by atoms with Gasteiger partial charge >= 0.3 is 6.11 Å². The molecule has 1 atom stereocenters. The van der Waals surface area contributed by atoms with Crippen molar-refractivity contribution < 1.29 is 13.5 Å². The van der Waals surface area contributed by atoms with E-state index in [1.54, 1.807) is 6.92 Å². The molecule has 2 nitrogen and oxygen atoms in total. The standard InChI is InChI=1S/C7H13F2NO/c1-2-11-7(8,9)6-4-3-5-10-6/h6,10H,2-5H2,1H3/t6-/m0/s1. The summed E-state index contributed by atoms with van der Waals surface area (Å²) in [6, 6.07) is -0.776. The number of hydrogen-bond donors (Lipinski definition) is 1. The summed E-state index contributed by atoms with van der Waals surface area (Å²) in [4.78, 5) is 0. The predicted octanol–water partition coefficient (Wildman–Crippen LogP) is 1.37. The summed E-state index contributed by atoms with van der Waals surface area (Å²) in [5.74, 6) is 0. The first-order valence-electron chi connectivity index (χ1n) is 3.92. The van der Waals surface area contributed by atoms with E-state index in [-0.39, 0.29) is 6.61 Å². The van der Waals surface area contributed by atoms with Gasteiger partial charge in [-0.3, -0.25) is 0 Å². The van der Waals surface area contributed by atoms with Gasteiger partial charge in [-0.15, -0.1) is 0 Å². The lowest BCUT2D eigenvalue weighted by molar-refractivity contribution is -0.251. The Morgan fingerprint density at radius 2 is 2.36 bits per heavy atom. The van der Waals surface area contributed by atoms with Crippen LogP contribution in [-0.4, -0.2) is 25.3 Å². The molecular weight excluding hydrogens is 152 g/mol. The van der Waals surface area contributed by atoms with Gasteiger partial charge in [0, 0.05) is 0 Å². The highest BCUT2D eigenvalue weighted by atomic mass is 19.3. The van der Waals surface area contributed by atoms with Crippen LogP contribution in [0.2, 0.25) is 0 Å². The van der Waals surface area contributed by atoms with E-state index in [1.165, 1.54) is 0 Å². The van der Waals surface area contributed by atoms with E-state index in [1.807, 2.05) is 0 Å². The molecule has 1 N–H and O–H groups in total. The second-order valence-electron chi connectivity index (χ2n) is 2.64. The Balaban J connectivity index is 2.41. The van der Waals surface area contributed by atoms with Crippen molar-refractivity contribution in [1.82, 2.24) is 5.32 Å². The van der Waals surface area contributed by atoms with Crippen LogP contribution in [0.5, 0.6) is 0 Å². The number of nitrogens with one attached hydrogen (secondary N) is 1. The van der Waals surface area contributed by atoms with Crippen LogP contribution in [0.3, 0.4) is 0 Å². The van der Waals surface area contributed by atoms with Crippen molar-refractivity contribution in [1.29, 1.82) is 0 Å². The highest BCUT2D eigenvalue weighted by molar-refractivity contribution is 4.81. The van der Waals surface area contributed by atoms with E-state index in [0.29, 0.717) is 13.0 Å². The molecule has 0 amide bonds. The van der Waals surface area contributed by atoms with Gasteiger partial charge in [0.1, 0.15) is 0 Å². The van der Waals surface area contributed by atoms with Gasteiger partial charge in [-0.2, -0.15) is 8.78 Å². The fourth-order valence-corrected chi connectivity index (χ4v) is 1.26. The van der Waals surface area contributed by atoms with E-state index in [4.69, 9.17) is 0 Å². The highest BCUT2D eigenvalue weighted by Gasteiger charge is 2.41. The highest BCUT2D eigenvalue weighted by Crippen LogP contribution is 2.25. The van der Waals surface area contributed by atoms with Gasteiger partial charge in [0.25, 0.3) is 0 Å². The van der Waals surface area contributed by atoms with Crippen LogP contribution in [-0.2, 0) is 4.74 Å². The molecule has 1 fully saturated rings. The first kappa shape index (κ1) is 8.87. The second kappa shape index (κ2) is 3.45. The van der Waals surface area contributed by atoms with Gasteiger partial charge in [0.15, 0.2) is 0 Å². The minimum Gasteiger partial charge on any atom is -0.320 e. The third kappa shape index (κ3) is 2.10. The number of ether oxygens (including phenoxy) is 1. The van der Waals surface area contributed by atoms with Gasteiger partial charge in [-0.25, -0.2) is 0 Å². The van der Waals surface area contributed by atoms with Crippen LogP contribution >= 0.6 is 0 Å². The maximum Gasteiger partial charge on any atom is 0.370 e. The SMILES string of the molecule is CCOC(F)(F)[C@@H]1CCCN1. The molecule has 0 aromatic carbocycles. The van der Waals surface area contributed by atoms with Crippen LogP contribution in [0.15, 0.2) is 0 Å². The van der Waals surface area contributed by atoms with E-state index in [9.17, 15) is 8.78 Å². The second-order valence-corrected chi connectivity index (χ2v) is 2.64. The minimum atomic E-state index is -2.98. The largest absolute Gasteiger partial charge is 0.370 e. The smallest absolute Gasteiger partial charge is 0.320 e. The summed E-state index contributed by atoms with van der Waals surface area (Å²) in [5.41, 5.74) is 0. The lowest BCUT2D eigenvalue weighted by atomic mass is 10.2. The van der Waals surface area contributed by atoms with Crippen molar-refractivity contribution in [3.8, 4) is 0 Å². The summed E-state index contributed by atoms with van der Waals surface area (Å²) in [5, 5.41) is 2.71. The molecule has 1 saturated heterocycles. The molecule has 0 aromatic heterocycles. The number of rotatable bonds is 3. The number of hydrogen-bond acceptors (Lipinski definition) is 2. The summed E-state index contributed by atoms with van der Waals surface area (Å²) in [7, 11) is 0. The third-order valence-corrected chi connectivity index (χ3v) is 1.80. The molecule has 0 saturated carbocycles. The van der Waals surface area contributed by atoms with E-state index < -0.39 is 12.2 Å².